The van der Waals surface area contributed by atoms with E-state index in [1.165, 1.54) is 28.3 Å². The Bertz CT molecular complexity index is 1300. The van der Waals surface area contributed by atoms with E-state index >= 15 is 0 Å². The number of Topliss-reactive ketones (excluding diaryl/α,β-unsaturated/α-hetero) is 1. The van der Waals surface area contributed by atoms with E-state index in [0.717, 1.165) is 12.8 Å². The van der Waals surface area contributed by atoms with Crippen molar-refractivity contribution in [3.8, 4) is 16.9 Å². The first-order valence-corrected chi connectivity index (χ1v) is 13.2. The molecular weight excluding hydrogens is 488 g/mol. The molecule has 0 spiro atoms. The molecule has 0 saturated carbocycles. The van der Waals surface area contributed by atoms with E-state index in [1.807, 2.05) is 29.2 Å². The number of benzene rings is 3. The van der Waals surface area contributed by atoms with Gasteiger partial charge in [-0.2, -0.15) is 8.78 Å². The number of hydrogen-bond acceptors (Lipinski definition) is 4. The van der Waals surface area contributed by atoms with Crippen molar-refractivity contribution in [2.45, 2.75) is 56.7 Å². The molecule has 38 heavy (non-hydrogen) atoms. The standard InChI is InChI=1S/C31H29F2NO4/c32-30(33)38-29-12-6-1-7-19(29)17-28(35)20-15-21-13-14-22(16-20)34(21)31(36)37-18-27-25-10-4-2-8-23(25)24-9-3-5-11-26(24)27/h1-12,20-22,27,30H,13-18H2. The molecule has 0 aromatic heterocycles. The number of ether oxygens (including phenoxy) is 2. The lowest BCUT2D eigenvalue weighted by Gasteiger charge is -2.37. The van der Waals surface area contributed by atoms with Gasteiger partial charge in [0.1, 0.15) is 18.1 Å². The number of carbonyl (C=O) groups excluding carboxylic acids is 2. The van der Waals surface area contributed by atoms with E-state index in [-0.39, 0.29) is 54.6 Å². The van der Waals surface area contributed by atoms with Crippen LogP contribution >= 0.6 is 0 Å². The van der Waals surface area contributed by atoms with Crippen molar-refractivity contribution in [2.24, 2.45) is 5.92 Å². The molecule has 3 aromatic carbocycles. The minimum absolute atomic E-state index is 0.000552. The Morgan fingerprint density at radius 2 is 1.42 bits per heavy atom. The van der Waals surface area contributed by atoms with Gasteiger partial charge in [0, 0.05) is 35.9 Å². The van der Waals surface area contributed by atoms with Crippen LogP contribution in [-0.2, 0) is 16.0 Å². The van der Waals surface area contributed by atoms with E-state index in [2.05, 4.69) is 29.0 Å². The highest BCUT2D eigenvalue weighted by Crippen LogP contribution is 2.45. The van der Waals surface area contributed by atoms with Crippen LogP contribution in [0.1, 0.15) is 48.3 Å². The fourth-order valence-electron chi connectivity index (χ4n) is 6.60. The molecule has 3 aromatic rings. The third-order valence-corrected chi connectivity index (χ3v) is 8.29. The smallest absolute Gasteiger partial charge is 0.410 e. The summed E-state index contributed by atoms with van der Waals surface area (Å²) in [7, 11) is 0. The summed E-state index contributed by atoms with van der Waals surface area (Å²) in [5.74, 6) is -0.183. The molecule has 1 aliphatic carbocycles. The van der Waals surface area contributed by atoms with Crippen LogP contribution in [0.3, 0.4) is 0 Å². The lowest BCUT2D eigenvalue weighted by Crippen LogP contribution is -2.48. The second-order valence-electron chi connectivity index (χ2n) is 10.4. The molecule has 7 heteroatoms. The third-order valence-electron chi connectivity index (χ3n) is 8.29. The maximum absolute atomic E-state index is 13.3. The highest BCUT2D eigenvalue weighted by atomic mass is 19.3. The van der Waals surface area contributed by atoms with E-state index < -0.39 is 6.61 Å². The van der Waals surface area contributed by atoms with Gasteiger partial charge in [0.05, 0.1) is 0 Å². The molecule has 0 N–H and O–H groups in total. The second-order valence-corrected chi connectivity index (χ2v) is 10.4. The van der Waals surface area contributed by atoms with Crippen LogP contribution in [0.25, 0.3) is 11.1 Å². The van der Waals surface area contributed by atoms with Gasteiger partial charge in [-0.3, -0.25) is 4.79 Å². The minimum atomic E-state index is -2.94. The summed E-state index contributed by atoms with van der Waals surface area (Å²) >= 11 is 0. The Labute approximate surface area is 220 Å². The van der Waals surface area contributed by atoms with Gasteiger partial charge in [-0.1, -0.05) is 66.7 Å². The van der Waals surface area contributed by atoms with Gasteiger partial charge in [0.2, 0.25) is 0 Å². The summed E-state index contributed by atoms with van der Waals surface area (Å²) in [4.78, 5) is 28.3. The zero-order chi connectivity index (χ0) is 26.2. The molecule has 0 radical (unpaired) electrons. The average molecular weight is 518 g/mol. The first-order valence-electron chi connectivity index (χ1n) is 13.2. The van der Waals surface area contributed by atoms with Crippen LogP contribution in [0, 0.1) is 5.92 Å². The number of hydrogen-bond donors (Lipinski definition) is 0. The molecule has 3 aliphatic rings. The summed E-state index contributed by atoms with van der Waals surface area (Å²) in [6.45, 7) is -2.67. The molecule has 2 saturated heterocycles. The number of nitrogens with zero attached hydrogens (tertiary/aromatic N) is 1. The molecule has 2 aliphatic heterocycles. The van der Waals surface area contributed by atoms with Crippen molar-refractivity contribution in [2.75, 3.05) is 6.61 Å². The van der Waals surface area contributed by atoms with Gasteiger partial charge in [0.15, 0.2) is 0 Å². The van der Waals surface area contributed by atoms with Crippen molar-refractivity contribution in [1.29, 1.82) is 0 Å². The molecule has 2 atom stereocenters. The van der Waals surface area contributed by atoms with Crippen molar-refractivity contribution < 1.29 is 27.8 Å². The highest BCUT2D eigenvalue weighted by molar-refractivity contribution is 5.84. The number of carbonyl (C=O) groups is 2. The summed E-state index contributed by atoms with van der Waals surface area (Å²) in [5.41, 5.74) is 5.17. The van der Waals surface area contributed by atoms with Crippen LogP contribution in [0.5, 0.6) is 5.75 Å². The first kappa shape index (κ1) is 24.6. The second kappa shape index (κ2) is 10.2. The van der Waals surface area contributed by atoms with Gasteiger partial charge < -0.3 is 14.4 Å². The molecule has 2 unspecified atom stereocenters. The average Bonchev–Trinajstić information content (AvgIpc) is 3.38. The predicted molar refractivity (Wildman–Crippen MR) is 138 cm³/mol. The quantitative estimate of drug-likeness (QED) is 0.355. The highest BCUT2D eigenvalue weighted by Gasteiger charge is 2.46. The lowest BCUT2D eigenvalue weighted by molar-refractivity contribution is -0.124. The Hall–Kier alpha value is -3.74. The van der Waals surface area contributed by atoms with Crippen LogP contribution in [0.2, 0.25) is 0 Å². The molecule has 196 valence electrons. The summed E-state index contributed by atoms with van der Waals surface area (Å²) in [5, 5.41) is 0. The Balaban J connectivity index is 1.10. The maximum atomic E-state index is 13.3. The van der Waals surface area contributed by atoms with Crippen LogP contribution in [0.15, 0.2) is 72.8 Å². The van der Waals surface area contributed by atoms with Crippen molar-refractivity contribution in [3.63, 3.8) is 0 Å². The van der Waals surface area contributed by atoms with E-state index in [4.69, 9.17) is 4.74 Å². The lowest BCUT2D eigenvalue weighted by atomic mass is 9.85. The largest absolute Gasteiger partial charge is 0.448 e. The zero-order valence-corrected chi connectivity index (χ0v) is 20.9. The molecule has 5 nitrogen and oxygen atoms in total. The number of rotatable bonds is 7. The van der Waals surface area contributed by atoms with Crippen molar-refractivity contribution in [1.82, 2.24) is 4.90 Å². The molecule has 6 rings (SSSR count). The van der Waals surface area contributed by atoms with Gasteiger partial charge in [-0.15, -0.1) is 0 Å². The normalized spacial score (nSPS) is 21.8. The first-order chi connectivity index (χ1) is 18.5. The summed E-state index contributed by atoms with van der Waals surface area (Å²) < 4.78 is 36.1. The Morgan fingerprint density at radius 3 is 2.05 bits per heavy atom. The van der Waals surface area contributed by atoms with E-state index in [0.29, 0.717) is 18.4 Å². The fourth-order valence-corrected chi connectivity index (χ4v) is 6.60. The van der Waals surface area contributed by atoms with Crippen LogP contribution in [-0.4, -0.2) is 42.1 Å². The van der Waals surface area contributed by atoms with Crippen molar-refractivity contribution in [3.05, 3.63) is 89.5 Å². The monoisotopic (exact) mass is 517 g/mol. The predicted octanol–water partition coefficient (Wildman–Crippen LogP) is 6.59. The number of fused-ring (bicyclic) bond motifs is 5. The fraction of sp³-hybridized carbons (Fsp3) is 0.355. The SMILES string of the molecule is O=C(Cc1ccccc1OC(F)F)C1CC2CCC(C1)N2C(=O)OCC1c2ccccc2-c2ccccc21. The molecule has 2 fully saturated rings. The number of piperidine rings is 1. The Kier molecular flexibility index (Phi) is 6.60. The summed E-state index contributed by atoms with van der Waals surface area (Å²) in [6, 6.07) is 22.8. The molecule has 2 heterocycles. The van der Waals surface area contributed by atoms with Gasteiger partial charge in [-0.25, -0.2) is 4.79 Å². The maximum Gasteiger partial charge on any atom is 0.410 e. The molecule has 2 bridgehead atoms. The number of amides is 1. The number of alkyl halides is 2. The van der Waals surface area contributed by atoms with Gasteiger partial charge in [0.25, 0.3) is 0 Å². The third kappa shape index (κ3) is 4.55. The summed E-state index contributed by atoms with van der Waals surface area (Å²) in [6.07, 6.45) is 2.53. The van der Waals surface area contributed by atoms with Crippen molar-refractivity contribution >= 4 is 11.9 Å². The Morgan fingerprint density at radius 1 is 0.842 bits per heavy atom. The zero-order valence-electron chi connectivity index (χ0n) is 20.9. The molecular formula is C31H29F2NO4. The van der Waals surface area contributed by atoms with Crippen LogP contribution in [0.4, 0.5) is 13.6 Å². The number of ketones is 1. The number of para-hydroxylation sites is 1. The molecule has 1 amide bonds. The minimum Gasteiger partial charge on any atom is -0.448 e. The van der Waals surface area contributed by atoms with Gasteiger partial charge in [-0.05, 0) is 54.0 Å². The number of halogens is 2. The van der Waals surface area contributed by atoms with Crippen LogP contribution < -0.4 is 4.74 Å². The van der Waals surface area contributed by atoms with E-state index in [9.17, 15) is 18.4 Å². The topological polar surface area (TPSA) is 55.8 Å². The van der Waals surface area contributed by atoms with E-state index in [1.54, 1.807) is 18.2 Å². The van der Waals surface area contributed by atoms with Gasteiger partial charge >= 0.3 is 12.7 Å².